The maximum Gasteiger partial charge on any atom is 0.165 e. The Labute approximate surface area is 112 Å². The summed E-state index contributed by atoms with van der Waals surface area (Å²) in [5, 5.41) is 6.89. The van der Waals surface area contributed by atoms with Crippen molar-refractivity contribution in [3.05, 3.63) is 48.8 Å². The second kappa shape index (κ2) is 4.39. The molecule has 0 aliphatic heterocycles. The van der Waals surface area contributed by atoms with Crippen LogP contribution in [0.1, 0.15) is 0 Å². The number of rotatable bonds is 2. The van der Waals surface area contributed by atoms with Crippen LogP contribution in [0.2, 0.25) is 0 Å². The molecule has 19 heavy (non-hydrogen) atoms. The van der Waals surface area contributed by atoms with Crippen LogP contribution in [0.5, 0.6) is 0 Å². The zero-order valence-corrected chi connectivity index (χ0v) is 11.4. The molecule has 1 aromatic heterocycles. The second-order valence-corrected chi connectivity index (χ2v) is 4.85. The van der Waals surface area contributed by atoms with Gasteiger partial charge in [-0.1, -0.05) is 24.3 Å². The van der Waals surface area contributed by atoms with E-state index in [0.29, 0.717) is 0 Å². The Balaban J connectivity index is 2.36. The predicted octanol–water partition coefficient (Wildman–Crippen LogP) is 1.92. The molecule has 96 valence electrons. The van der Waals surface area contributed by atoms with Gasteiger partial charge in [0.15, 0.2) is 18.1 Å². The minimum Gasteiger partial charge on any atom is -0.377 e. The van der Waals surface area contributed by atoms with E-state index < -0.39 is 0 Å². The second-order valence-electron chi connectivity index (χ2n) is 4.85. The number of hydrogen-bond acceptors (Lipinski definition) is 2. The van der Waals surface area contributed by atoms with Gasteiger partial charge in [0, 0.05) is 19.8 Å². The fourth-order valence-electron chi connectivity index (χ4n) is 2.37. The standard InChI is InChI=1S/C15H17N4/c1-17(2)13-8-4-6-12-7-5-9-14(15(12)13)19-11-10-18(3)16-19/h4-11H,1-3H3/q+1. The van der Waals surface area contributed by atoms with Crippen molar-refractivity contribution in [1.29, 1.82) is 0 Å². The zero-order chi connectivity index (χ0) is 13.4. The van der Waals surface area contributed by atoms with Crippen LogP contribution < -0.4 is 9.58 Å². The van der Waals surface area contributed by atoms with Crippen molar-refractivity contribution in [1.82, 2.24) is 9.90 Å². The third kappa shape index (κ3) is 1.95. The van der Waals surface area contributed by atoms with Crippen molar-refractivity contribution in [2.45, 2.75) is 0 Å². The van der Waals surface area contributed by atoms with Crippen LogP contribution in [0.4, 0.5) is 5.69 Å². The van der Waals surface area contributed by atoms with Gasteiger partial charge < -0.3 is 4.90 Å². The molecule has 0 radical (unpaired) electrons. The lowest BCUT2D eigenvalue weighted by atomic mass is 10.1. The predicted molar refractivity (Wildman–Crippen MR) is 76.6 cm³/mol. The molecule has 0 fully saturated rings. The molecule has 4 nitrogen and oxygen atoms in total. The van der Waals surface area contributed by atoms with E-state index in [0.717, 1.165) is 5.69 Å². The van der Waals surface area contributed by atoms with Gasteiger partial charge in [0.05, 0.1) is 10.6 Å². The van der Waals surface area contributed by atoms with E-state index in [1.54, 1.807) is 4.68 Å². The van der Waals surface area contributed by atoms with Gasteiger partial charge in [-0.05, 0) is 17.5 Å². The van der Waals surface area contributed by atoms with Crippen LogP contribution in [0, 0.1) is 0 Å². The highest BCUT2D eigenvalue weighted by molar-refractivity contribution is 6.00. The van der Waals surface area contributed by atoms with Crippen LogP contribution in [0.25, 0.3) is 16.5 Å². The highest BCUT2D eigenvalue weighted by atomic mass is 15.5. The molecule has 0 aliphatic rings. The van der Waals surface area contributed by atoms with E-state index in [-0.39, 0.29) is 0 Å². The van der Waals surface area contributed by atoms with Crippen LogP contribution in [0.15, 0.2) is 48.8 Å². The van der Waals surface area contributed by atoms with Gasteiger partial charge in [-0.3, -0.25) is 0 Å². The molecule has 0 spiro atoms. The molecule has 3 aromatic rings. The number of nitrogens with zero attached hydrogens (tertiary/aromatic N) is 4. The molecule has 0 atom stereocenters. The molecule has 0 N–H and O–H groups in total. The molecule has 0 unspecified atom stereocenters. The number of benzene rings is 2. The van der Waals surface area contributed by atoms with E-state index in [9.17, 15) is 0 Å². The van der Waals surface area contributed by atoms with Gasteiger partial charge in [0.2, 0.25) is 0 Å². The summed E-state index contributed by atoms with van der Waals surface area (Å²) in [4.78, 5) is 2.13. The molecule has 0 aliphatic carbocycles. The van der Waals surface area contributed by atoms with Crippen LogP contribution in [-0.4, -0.2) is 24.0 Å². The first kappa shape index (κ1) is 11.7. The first-order valence-electron chi connectivity index (χ1n) is 6.28. The number of fused-ring (bicyclic) bond motifs is 1. The molecule has 0 amide bonds. The molecule has 4 heteroatoms. The third-order valence-electron chi connectivity index (χ3n) is 3.25. The van der Waals surface area contributed by atoms with E-state index >= 15 is 0 Å². The first-order valence-corrected chi connectivity index (χ1v) is 6.28. The van der Waals surface area contributed by atoms with Gasteiger partial charge >= 0.3 is 0 Å². The lowest BCUT2D eigenvalue weighted by molar-refractivity contribution is -0.731. The Bertz CT molecular complexity index is 723. The summed E-state index contributed by atoms with van der Waals surface area (Å²) in [6.07, 6.45) is 3.92. The molecule has 0 bridgehead atoms. The topological polar surface area (TPSA) is 24.9 Å². The maximum absolute atomic E-state index is 4.45. The molecular weight excluding hydrogens is 236 g/mol. The Morgan fingerprint density at radius 3 is 2.47 bits per heavy atom. The van der Waals surface area contributed by atoms with Gasteiger partial charge in [-0.2, -0.15) is 0 Å². The Morgan fingerprint density at radius 1 is 1.11 bits per heavy atom. The summed E-state index contributed by atoms with van der Waals surface area (Å²) in [6.45, 7) is 0. The van der Waals surface area contributed by atoms with Gasteiger partial charge in [-0.25, -0.2) is 0 Å². The van der Waals surface area contributed by atoms with Crippen LogP contribution in [0.3, 0.4) is 0 Å². The minimum atomic E-state index is 1.10. The van der Waals surface area contributed by atoms with Crippen molar-refractivity contribution in [3.63, 3.8) is 0 Å². The summed E-state index contributed by atoms with van der Waals surface area (Å²) >= 11 is 0. The molecular formula is C15H17N4+. The smallest absolute Gasteiger partial charge is 0.165 e. The van der Waals surface area contributed by atoms with E-state index in [4.69, 9.17) is 0 Å². The van der Waals surface area contributed by atoms with Crippen molar-refractivity contribution < 1.29 is 4.68 Å². The molecule has 3 rings (SSSR count). The summed E-state index contributed by atoms with van der Waals surface area (Å²) in [7, 11) is 6.05. The SMILES string of the molecule is CN(C)c1cccc2cccc(-n3cc[n+](C)n3)c12. The Morgan fingerprint density at radius 2 is 1.84 bits per heavy atom. The average Bonchev–Trinajstić information content (AvgIpc) is 2.83. The van der Waals surface area contributed by atoms with Crippen LogP contribution in [-0.2, 0) is 7.05 Å². The summed E-state index contributed by atoms with van der Waals surface area (Å²) < 4.78 is 3.71. The largest absolute Gasteiger partial charge is 0.377 e. The van der Waals surface area contributed by atoms with Gasteiger partial charge in [0.1, 0.15) is 7.05 Å². The third-order valence-corrected chi connectivity index (χ3v) is 3.25. The Kier molecular flexibility index (Phi) is 2.71. The minimum absolute atomic E-state index is 1.10. The zero-order valence-electron chi connectivity index (χ0n) is 11.4. The fraction of sp³-hybridized carbons (Fsp3) is 0.200. The van der Waals surface area contributed by atoms with Gasteiger partial charge in [-0.15, -0.1) is 9.36 Å². The number of hydrogen-bond donors (Lipinski definition) is 0. The summed E-state index contributed by atoms with van der Waals surface area (Å²) in [5.74, 6) is 0. The highest BCUT2D eigenvalue weighted by Gasteiger charge is 2.14. The molecule has 0 saturated carbocycles. The molecule has 1 heterocycles. The molecule has 0 saturated heterocycles. The van der Waals surface area contributed by atoms with Crippen LogP contribution >= 0.6 is 0 Å². The summed E-state index contributed by atoms with van der Waals surface area (Å²) in [5.41, 5.74) is 2.30. The Hall–Kier alpha value is -2.36. The van der Waals surface area contributed by atoms with E-state index in [1.165, 1.54) is 16.5 Å². The number of aromatic nitrogens is 3. The van der Waals surface area contributed by atoms with Crippen molar-refractivity contribution in [3.8, 4) is 5.69 Å². The van der Waals surface area contributed by atoms with E-state index in [1.807, 2.05) is 24.1 Å². The average molecular weight is 253 g/mol. The lowest BCUT2D eigenvalue weighted by Crippen LogP contribution is -2.30. The first-order chi connectivity index (χ1) is 9.16. The molecule has 2 aromatic carbocycles. The van der Waals surface area contributed by atoms with Crippen molar-refractivity contribution in [2.75, 3.05) is 19.0 Å². The van der Waals surface area contributed by atoms with Crippen molar-refractivity contribution >= 4 is 16.5 Å². The number of aryl methyl sites for hydroxylation is 1. The van der Waals surface area contributed by atoms with Crippen molar-refractivity contribution in [2.24, 2.45) is 7.05 Å². The van der Waals surface area contributed by atoms with E-state index in [2.05, 4.69) is 60.6 Å². The van der Waals surface area contributed by atoms with Gasteiger partial charge in [0.25, 0.3) is 0 Å². The lowest BCUT2D eigenvalue weighted by Gasteiger charge is -2.16. The highest BCUT2D eigenvalue weighted by Crippen LogP contribution is 2.30. The quantitative estimate of drug-likeness (QED) is 0.652. The summed E-state index contributed by atoms with van der Waals surface area (Å²) in [6, 6.07) is 12.7. The fourth-order valence-corrected chi connectivity index (χ4v) is 2.37. The number of anilines is 1. The monoisotopic (exact) mass is 253 g/mol. The maximum atomic E-state index is 4.45. The normalized spacial score (nSPS) is 10.9.